The van der Waals surface area contributed by atoms with Crippen molar-refractivity contribution in [1.82, 2.24) is 4.98 Å². The molecule has 7 heteroatoms. The summed E-state index contributed by atoms with van der Waals surface area (Å²) in [5.41, 5.74) is 2.84. The highest BCUT2D eigenvalue weighted by Gasteiger charge is 2.10. The average Bonchev–Trinajstić information content (AvgIpc) is 3.20. The number of halogens is 1. The van der Waals surface area contributed by atoms with Crippen LogP contribution in [-0.2, 0) is 11.2 Å². The zero-order chi connectivity index (χ0) is 20.6. The largest absolute Gasteiger partial charge is 0.494 e. The Kier molecular flexibility index (Phi) is 7.66. The lowest BCUT2D eigenvalue weighted by Crippen LogP contribution is -2.20. The molecule has 0 aliphatic heterocycles. The number of nitrogens with one attached hydrogen (secondary N) is 1. The molecule has 0 aliphatic rings. The van der Waals surface area contributed by atoms with Gasteiger partial charge in [0.1, 0.15) is 11.5 Å². The standard InChI is InChI=1S/C22H23BrN2O3S/c1-3-11-27-18-8-5-16(6-9-18)19-14-29-22(24-19)25-21(26)13-28-20-10-7-17(23)12-15(20)4-2/h5-10,12,14H,3-4,11,13H2,1-2H3,(H,24,25,26). The molecule has 2 aromatic carbocycles. The summed E-state index contributed by atoms with van der Waals surface area (Å²) in [5, 5.41) is 5.27. The van der Waals surface area contributed by atoms with E-state index in [1.807, 2.05) is 54.8 Å². The van der Waals surface area contributed by atoms with E-state index in [1.54, 1.807) is 0 Å². The summed E-state index contributed by atoms with van der Waals surface area (Å²) in [6.45, 7) is 4.77. The maximum Gasteiger partial charge on any atom is 0.264 e. The lowest BCUT2D eigenvalue weighted by atomic mass is 10.1. The predicted molar refractivity (Wildman–Crippen MR) is 121 cm³/mol. The molecule has 3 aromatic rings. The minimum absolute atomic E-state index is 0.0625. The van der Waals surface area contributed by atoms with Crippen molar-refractivity contribution in [2.45, 2.75) is 26.7 Å². The van der Waals surface area contributed by atoms with Crippen molar-refractivity contribution in [2.24, 2.45) is 0 Å². The Hall–Kier alpha value is -2.38. The van der Waals surface area contributed by atoms with E-state index in [0.717, 1.165) is 45.6 Å². The summed E-state index contributed by atoms with van der Waals surface area (Å²) >= 11 is 4.84. The van der Waals surface area contributed by atoms with Gasteiger partial charge < -0.3 is 9.47 Å². The Morgan fingerprint density at radius 2 is 1.93 bits per heavy atom. The number of aromatic nitrogens is 1. The minimum atomic E-state index is -0.237. The first kappa shape index (κ1) is 21.3. The molecule has 1 amide bonds. The summed E-state index contributed by atoms with van der Waals surface area (Å²) in [6, 6.07) is 13.6. The summed E-state index contributed by atoms with van der Waals surface area (Å²) < 4.78 is 12.3. The quantitative estimate of drug-likeness (QED) is 0.416. The van der Waals surface area contributed by atoms with Gasteiger partial charge in [-0.1, -0.05) is 29.8 Å². The lowest BCUT2D eigenvalue weighted by molar-refractivity contribution is -0.118. The number of aryl methyl sites for hydroxylation is 1. The first-order chi connectivity index (χ1) is 14.1. The van der Waals surface area contributed by atoms with Gasteiger partial charge in [0.05, 0.1) is 12.3 Å². The molecule has 0 fully saturated rings. The predicted octanol–water partition coefficient (Wildman–Crippen LogP) is 5.94. The SMILES string of the molecule is CCCOc1ccc(-c2csc(NC(=O)COc3ccc(Br)cc3CC)n2)cc1. The molecule has 29 heavy (non-hydrogen) atoms. The Bertz CT molecular complexity index is 957. The van der Waals surface area contributed by atoms with Crippen LogP contribution in [0.25, 0.3) is 11.3 Å². The van der Waals surface area contributed by atoms with Crippen molar-refractivity contribution in [2.75, 3.05) is 18.5 Å². The molecule has 152 valence electrons. The molecule has 5 nitrogen and oxygen atoms in total. The molecule has 1 heterocycles. The lowest BCUT2D eigenvalue weighted by Gasteiger charge is -2.10. The van der Waals surface area contributed by atoms with Gasteiger partial charge in [-0.2, -0.15) is 0 Å². The van der Waals surface area contributed by atoms with E-state index in [-0.39, 0.29) is 12.5 Å². The number of ether oxygens (including phenoxy) is 2. The van der Waals surface area contributed by atoms with Crippen LogP contribution >= 0.6 is 27.3 Å². The molecular weight excluding hydrogens is 452 g/mol. The van der Waals surface area contributed by atoms with Gasteiger partial charge in [0.2, 0.25) is 0 Å². The first-order valence-electron chi connectivity index (χ1n) is 9.49. The van der Waals surface area contributed by atoms with Crippen LogP contribution < -0.4 is 14.8 Å². The molecule has 0 atom stereocenters. The fraction of sp³-hybridized carbons (Fsp3) is 0.273. The van der Waals surface area contributed by atoms with Gasteiger partial charge in [0, 0.05) is 15.4 Å². The Labute approximate surface area is 183 Å². The normalized spacial score (nSPS) is 10.6. The molecule has 3 rings (SSSR count). The van der Waals surface area contributed by atoms with Crippen molar-refractivity contribution in [3.63, 3.8) is 0 Å². The highest BCUT2D eigenvalue weighted by atomic mass is 79.9. The third-order valence-corrected chi connectivity index (χ3v) is 5.39. The van der Waals surface area contributed by atoms with Gasteiger partial charge in [-0.15, -0.1) is 11.3 Å². The second kappa shape index (κ2) is 10.4. The number of rotatable bonds is 9. The van der Waals surface area contributed by atoms with Crippen LogP contribution in [-0.4, -0.2) is 24.1 Å². The number of amides is 1. The van der Waals surface area contributed by atoms with Gasteiger partial charge in [-0.25, -0.2) is 4.98 Å². The number of benzene rings is 2. The van der Waals surface area contributed by atoms with Crippen LogP contribution in [0.1, 0.15) is 25.8 Å². The number of carbonyl (C=O) groups is 1. The molecular formula is C22H23BrN2O3S. The monoisotopic (exact) mass is 474 g/mol. The van der Waals surface area contributed by atoms with Gasteiger partial charge in [0.15, 0.2) is 11.7 Å². The van der Waals surface area contributed by atoms with Crippen LogP contribution in [0.2, 0.25) is 0 Å². The van der Waals surface area contributed by atoms with Crippen molar-refractivity contribution in [3.05, 3.63) is 57.9 Å². The molecule has 0 radical (unpaired) electrons. The second-order valence-electron chi connectivity index (χ2n) is 6.35. The number of hydrogen-bond donors (Lipinski definition) is 1. The Balaban J connectivity index is 1.56. The van der Waals surface area contributed by atoms with Gasteiger partial charge >= 0.3 is 0 Å². The highest BCUT2D eigenvalue weighted by Crippen LogP contribution is 2.27. The van der Waals surface area contributed by atoms with Crippen LogP contribution in [0.5, 0.6) is 11.5 Å². The molecule has 0 unspecified atom stereocenters. The summed E-state index contributed by atoms with van der Waals surface area (Å²) in [6.07, 6.45) is 1.80. The van der Waals surface area contributed by atoms with E-state index in [2.05, 4.69) is 33.2 Å². The zero-order valence-electron chi connectivity index (χ0n) is 16.4. The smallest absolute Gasteiger partial charge is 0.264 e. The fourth-order valence-electron chi connectivity index (χ4n) is 2.67. The van der Waals surface area contributed by atoms with Gasteiger partial charge in [0.25, 0.3) is 5.91 Å². The number of nitrogens with zero attached hydrogens (tertiary/aromatic N) is 1. The molecule has 1 aromatic heterocycles. The molecule has 0 aliphatic carbocycles. The number of thiazole rings is 1. The van der Waals surface area contributed by atoms with E-state index in [0.29, 0.717) is 11.7 Å². The van der Waals surface area contributed by atoms with Crippen molar-refractivity contribution < 1.29 is 14.3 Å². The van der Waals surface area contributed by atoms with Gasteiger partial charge in [-0.3, -0.25) is 10.1 Å². The van der Waals surface area contributed by atoms with Crippen molar-refractivity contribution >= 4 is 38.3 Å². The molecule has 0 saturated heterocycles. The third-order valence-electron chi connectivity index (χ3n) is 4.14. The molecule has 1 N–H and O–H groups in total. The molecule has 0 bridgehead atoms. The second-order valence-corrected chi connectivity index (χ2v) is 8.13. The number of hydrogen-bond acceptors (Lipinski definition) is 5. The van der Waals surface area contributed by atoms with Gasteiger partial charge in [-0.05, 0) is 60.9 Å². The molecule has 0 spiro atoms. The van der Waals surface area contributed by atoms with Crippen LogP contribution in [0, 0.1) is 0 Å². The summed E-state index contributed by atoms with van der Waals surface area (Å²) in [4.78, 5) is 16.7. The molecule has 0 saturated carbocycles. The maximum atomic E-state index is 12.2. The van der Waals surface area contributed by atoms with E-state index < -0.39 is 0 Å². The van der Waals surface area contributed by atoms with Crippen LogP contribution in [0.15, 0.2) is 52.3 Å². The zero-order valence-corrected chi connectivity index (χ0v) is 18.8. The Morgan fingerprint density at radius 3 is 2.66 bits per heavy atom. The van der Waals surface area contributed by atoms with Crippen molar-refractivity contribution in [1.29, 1.82) is 0 Å². The van der Waals surface area contributed by atoms with E-state index in [1.165, 1.54) is 11.3 Å². The van der Waals surface area contributed by atoms with E-state index >= 15 is 0 Å². The van der Waals surface area contributed by atoms with Crippen molar-refractivity contribution in [3.8, 4) is 22.8 Å². The summed E-state index contributed by atoms with van der Waals surface area (Å²) in [7, 11) is 0. The van der Waals surface area contributed by atoms with E-state index in [9.17, 15) is 4.79 Å². The van der Waals surface area contributed by atoms with Crippen LogP contribution in [0.3, 0.4) is 0 Å². The average molecular weight is 475 g/mol. The fourth-order valence-corrected chi connectivity index (χ4v) is 3.81. The van der Waals surface area contributed by atoms with Crippen LogP contribution in [0.4, 0.5) is 5.13 Å². The maximum absolute atomic E-state index is 12.2. The Morgan fingerprint density at radius 1 is 1.14 bits per heavy atom. The minimum Gasteiger partial charge on any atom is -0.494 e. The first-order valence-corrected chi connectivity index (χ1v) is 11.2. The topological polar surface area (TPSA) is 60.5 Å². The third kappa shape index (κ3) is 6.05. The number of anilines is 1. The van der Waals surface area contributed by atoms with E-state index in [4.69, 9.17) is 9.47 Å². The number of carbonyl (C=O) groups excluding carboxylic acids is 1. The summed E-state index contributed by atoms with van der Waals surface area (Å²) in [5.74, 6) is 1.33. The highest BCUT2D eigenvalue weighted by molar-refractivity contribution is 9.10.